The van der Waals surface area contributed by atoms with Gasteiger partial charge in [-0.2, -0.15) is 0 Å². The fraction of sp³-hybridized carbons (Fsp3) is 0.240. The Labute approximate surface area is 190 Å². The van der Waals surface area contributed by atoms with E-state index in [1.165, 1.54) is 18.2 Å². The Balaban J connectivity index is 1.80. The minimum absolute atomic E-state index is 0.0318. The molecule has 4 rings (SSSR count). The van der Waals surface area contributed by atoms with Crippen LogP contribution in [0, 0.1) is 11.6 Å². The van der Waals surface area contributed by atoms with Crippen molar-refractivity contribution in [2.45, 2.75) is 33.2 Å². The second-order valence-corrected chi connectivity index (χ2v) is 8.55. The van der Waals surface area contributed by atoms with E-state index in [1.807, 2.05) is 27.7 Å². The number of imide groups is 2. The zero-order valence-electron chi connectivity index (χ0n) is 18.7. The van der Waals surface area contributed by atoms with Gasteiger partial charge < -0.3 is 4.90 Å². The molecule has 6 nitrogen and oxygen atoms in total. The van der Waals surface area contributed by atoms with Crippen molar-refractivity contribution in [2.24, 2.45) is 0 Å². The van der Waals surface area contributed by atoms with Crippen LogP contribution in [-0.4, -0.2) is 29.9 Å². The molecule has 8 heteroatoms. The maximum absolute atomic E-state index is 15.2. The number of urea groups is 1. The average Bonchev–Trinajstić information content (AvgIpc) is 2.71. The van der Waals surface area contributed by atoms with Crippen LogP contribution >= 0.6 is 0 Å². The fourth-order valence-corrected chi connectivity index (χ4v) is 4.47. The maximum Gasteiger partial charge on any atom is 0.335 e. The number of hydrogen-bond acceptors (Lipinski definition) is 4. The summed E-state index contributed by atoms with van der Waals surface area (Å²) in [6.07, 6.45) is 3.20. The number of halogens is 2. The third-order valence-corrected chi connectivity index (χ3v) is 5.88. The minimum atomic E-state index is -1.00. The molecule has 2 heterocycles. The first-order chi connectivity index (χ1) is 15.5. The van der Waals surface area contributed by atoms with Crippen LogP contribution < -0.4 is 15.1 Å². The number of fused-ring (bicyclic) bond motifs is 1. The SMILES string of the molecule is CCN1c2cc(F)c(/C=C3/C(=O)NC(=O)N(c4cccc(F)c4)C3=O)cc2C(C)=CC1(C)C. The number of hydrogen-bond donors (Lipinski definition) is 1. The second-order valence-electron chi connectivity index (χ2n) is 8.55. The molecule has 0 unspecified atom stereocenters. The van der Waals surface area contributed by atoms with Gasteiger partial charge in [-0.25, -0.2) is 18.5 Å². The highest BCUT2D eigenvalue weighted by Gasteiger charge is 2.37. The summed E-state index contributed by atoms with van der Waals surface area (Å²) in [4.78, 5) is 40.5. The lowest BCUT2D eigenvalue weighted by molar-refractivity contribution is -0.122. The summed E-state index contributed by atoms with van der Waals surface area (Å²) in [5, 5.41) is 2.06. The van der Waals surface area contributed by atoms with Crippen LogP contribution in [0.2, 0.25) is 0 Å². The molecule has 1 N–H and O–H groups in total. The van der Waals surface area contributed by atoms with Crippen LogP contribution in [0.15, 0.2) is 48.0 Å². The first kappa shape index (κ1) is 22.4. The predicted molar refractivity (Wildman–Crippen MR) is 123 cm³/mol. The normalized spacial score (nSPS) is 18.9. The van der Waals surface area contributed by atoms with Crippen molar-refractivity contribution < 1.29 is 23.2 Å². The highest BCUT2D eigenvalue weighted by molar-refractivity contribution is 6.39. The molecule has 2 aromatic rings. The van der Waals surface area contributed by atoms with Crippen LogP contribution in [0.25, 0.3) is 11.6 Å². The summed E-state index contributed by atoms with van der Waals surface area (Å²) in [5.74, 6) is -3.17. The van der Waals surface area contributed by atoms with E-state index >= 15 is 4.39 Å². The number of carbonyl (C=O) groups excluding carboxylic acids is 3. The second kappa shape index (κ2) is 7.95. The molecule has 2 aliphatic heterocycles. The molecule has 0 saturated carbocycles. The zero-order chi connectivity index (χ0) is 24.1. The van der Waals surface area contributed by atoms with Crippen molar-refractivity contribution in [3.05, 3.63) is 70.8 Å². The smallest absolute Gasteiger partial charge is 0.335 e. The van der Waals surface area contributed by atoms with Gasteiger partial charge in [0.15, 0.2) is 0 Å². The molecular weight excluding hydrogens is 428 g/mol. The summed E-state index contributed by atoms with van der Waals surface area (Å²) < 4.78 is 28.8. The van der Waals surface area contributed by atoms with Crippen molar-refractivity contribution in [3.8, 4) is 0 Å². The Morgan fingerprint density at radius 1 is 1.09 bits per heavy atom. The third-order valence-electron chi connectivity index (χ3n) is 5.88. The molecule has 170 valence electrons. The molecule has 1 fully saturated rings. The number of likely N-dealkylation sites (N-methyl/N-ethyl adjacent to an activating group) is 1. The van der Waals surface area contributed by atoms with E-state index < -0.39 is 35.1 Å². The number of benzene rings is 2. The summed E-state index contributed by atoms with van der Waals surface area (Å²) in [7, 11) is 0. The molecule has 2 aliphatic rings. The van der Waals surface area contributed by atoms with E-state index in [0.717, 1.165) is 35.0 Å². The molecule has 0 spiro atoms. The molecule has 2 aromatic carbocycles. The minimum Gasteiger partial charge on any atom is -0.363 e. The van der Waals surface area contributed by atoms with Crippen molar-refractivity contribution >= 4 is 40.9 Å². The van der Waals surface area contributed by atoms with Crippen molar-refractivity contribution in [1.29, 1.82) is 0 Å². The Morgan fingerprint density at radius 3 is 2.48 bits per heavy atom. The van der Waals surface area contributed by atoms with E-state index in [-0.39, 0.29) is 16.8 Å². The van der Waals surface area contributed by atoms with E-state index in [4.69, 9.17) is 0 Å². The van der Waals surface area contributed by atoms with E-state index in [0.29, 0.717) is 11.4 Å². The highest BCUT2D eigenvalue weighted by Crippen LogP contribution is 2.40. The first-order valence-corrected chi connectivity index (χ1v) is 10.5. The summed E-state index contributed by atoms with van der Waals surface area (Å²) in [6.45, 7) is 8.65. The number of nitrogens with zero attached hydrogens (tertiary/aromatic N) is 2. The number of rotatable bonds is 3. The van der Waals surface area contributed by atoms with Crippen LogP contribution in [0.4, 0.5) is 25.0 Å². The van der Waals surface area contributed by atoms with Gasteiger partial charge in [-0.05, 0) is 69.7 Å². The number of anilines is 2. The van der Waals surface area contributed by atoms with Gasteiger partial charge in [0.25, 0.3) is 11.8 Å². The third kappa shape index (κ3) is 3.82. The monoisotopic (exact) mass is 451 g/mol. The van der Waals surface area contributed by atoms with Gasteiger partial charge in [-0.1, -0.05) is 12.1 Å². The number of allylic oxidation sites excluding steroid dienone is 1. The van der Waals surface area contributed by atoms with Crippen LogP contribution in [0.1, 0.15) is 38.8 Å². The molecule has 0 radical (unpaired) electrons. The van der Waals surface area contributed by atoms with E-state index in [1.54, 1.807) is 6.07 Å². The van der Waals surface area contributed by atoms with Crippen molar-refractivity contribution in [1.82, 2.24) is 5.32 Å². The van der Waals surface area contributed by atoms with E-state index in [2.05, 4.69) is 16.3 Å². The Morgan fingerprint density at radius 2 is 1.82 bits per heavy atom. The van der Waals surface area contributed by atoms with Crippen LogP contribution in [-0.2, 0) is 9.59 Å². The van der Waals surface area contributed by atoms with Gasteiger partial charge in [0.05, 0.1) is 11.2 Å². The van der Waals surface area contributed by atoms with Crippen molar-refractivity contribution in [2.75, 3.05) is 16.3 Å². The Kier molecular flexibility index (Phi) is 5.40. The number of carbonyl (C=O) groups is 3. The summed E-state index contributed by atoms with van der Waals surface area (Å²) >= 11 is 0. The summed E-state index contributed by atoms with van der Waals surface area (Å²) in [5.41, 5.74) is 1.71. The van der Waals surface area contributed by atoms with Crippen LogP contribution in [0.3, 0.4) is 0 Å². The van der Waals surface area contributed by atoms with Gasteiger partial charge in [0, 0.05) is 23.4 Å². The fourth-order valence-electron chi connectivity index (χ4n) is 4.47. The quantitative estimate of drug-likeness (QED) is 0.545. The molecule has 1 saturated heterocycles. The van der Waals surface area contributed by atoms with Gasteiger partial charge in [-0.15, -0.1) is 0 Å². The molecule has 0 aliphatic carbocycles. The van der Waals surface area contributed by atoms with Crippen molar-refractivity contribution in [3.63, 3.8) is 0 Å². The summed E-state index contributed by atoms with van der Waals surface area (Å²) in [6, 6.07) is 6.84. The largest absolute Gasteiger partial charge is 0.363 e. The van der Waals surface area contributed by atoms with E-state index in [9.17, 15) is 18.8 Å². The molecular formula is C25H23F2N3O3. The van der Waals surface area contributed by atoms with Crippen LogP contribution in [0.5, 0.6) is 0 Å². The Bertz CT molecular complexity index is 1260. The number of nitrogens with one attached hydrogen (secondary N) is 1. The Hall–Kier alpha value is -3.81. The van der Waals surface area contributed by atoms with Gasteiger partial charge in [0.1, 0.15) is 17.2 Å². The van der Waals surface area contributed by atoms with Gasteiger partial charge >= 0.3 is 6.03 Å². The zero-order valence-corrected chi connectivity index (χ0v) is 18.7. The van der Waals surface area contributed by atoms with Gasteiger partial charge in [0.2, 0.25) is 0 Å². The number of barbiturate groups is 1. The highest BCUT2D eigenvalue weighted by atomic mass is 19.1. The topological polar surface area (TPSA) is 69.7 Å². The predicted octanol–water partition coefficient (Wildman–Crippen LogP) is 4.65. The molecule has 0 aromatic heterocycles. The maximum atomic E-state index is 15.2. The average molecular weight is 451 g/mol. The lowest BCUT2D eigenvalue weighted by atomic mass is 9.87. The molecule has 0 atom stereocenters. The molecule has 33 heavy (non-hydrogen) atoms. The number of amides is 4. The lowest BCUT2D eigenvalue weighted by Crippen LogP contribution is -2.54. The van der Waals surface area contributed by atoms with Gasteiger partial charge in [-0.3, -0.25) is 14.9 Å². The first-order valence-electron chi connectivity index (χ1n) is 10.5. The molecule has 0 bridgehead atoms. The standard InChI is InChI=1S/C25H23F2N3O3/c1-5-29-21-12-20(27)15(9-18(21)14(2)13-25(29,3)4)10-19-22(31)28-24(33)30(23(19)32)17-8-6-7-16(26)11-17/h6-13H,5H2,1-4H3,(H,28,31,33)/b19-10-. The lowest BCUT2D eigenvalue weighted by Gasteiger charge is -2.43. The molecule has 4 amide bonds.